The van der Waals surface area contributed by atoms with Gasteiger partial charge < -0.3 is 4.74 Å². The number of rotatable bonds is 6. The molecule has 3 N–H and O–H groups in total. The predicted molar refractivity (Wildman–Crippen MR) is 75.6 cm³/mol. The van der Waals surface area contributed by atoms with Crippen LogP contribution < -0.4 is 16.0 Å². The highest BCUT2D eigenvalue weighted by Gasteiger charge is 2.13. The van der Waals surface area contributed by atoms with E-state index in [-0.39, 0.29) is 11.9 Å². The topological polar surface area (TPSA) is 60.2 Å². The summed E-state index contributed by atoms with van der Waals surface area (Å²) in [6, 6.07) is 8.67. The number of hydrogen-bond donors (Lipinski definition) is 2. The van der Waals surface area contributed by atoms with E-state index in [4.69, 9.17) is 10.6 Å². The van der Waals surface area contributed by atoms with E-state index in [0.717, 1.165) is 17.7 Å². The van der Waals surface area contributed by atoms with Crippen molar-refractivity contribution in [1.29, 1.82) is 0 Å². The van der Waals surface area contributed by atoms with Crippen LogP contribution in [0.4, 0.5) is 4.39 Å². The molecular formula is C15H18FN3O. The first kappa shape index (κ1) is 14.4. The first-order chi connectivity index (χ1) is 9.74. The van der Waals surface area contributed by atoms with E-state index < -0.39 is 0 Å². The van der Waals surface area contributed by atoms with Crippen LogP contribution in [0.1, 0.15) is 30.5 Å². The average Bonchev–Trinajstić information content (AvgIpc) is 2.47. The lowest BCUT2D eigenvalue weighted by atomic mass is 10.0. The number of halogens is 1. The molecule has 0 radical (unpaired) electrons. The van der Waals surface area contributed by atoms with Gasteiger partial charge in [0.1, 0.15) is 11.6 Å². The fourth-order valence-electron chi connectivity index (χ4n) is 1.95. The van der Waals surface area contributed by atoms with Crippen LogP contribution in [0.25, 0.3) is 0 Å². The van der Waals surface area contributed by atoms with Crippen molar-refractivity contribution >= 4 is 0 Å². The average molecular weight is 275 g/mol. The second kappa shape index (κ2) is 6.98. The number of ether oxygens (including phenoxy) is 1. The number of pyridine rings is 1. The molecule has 0 spiro atoms. The molecule has 5 heteroatoms. The van der Waals surface area contributed by atoms with Crippen LogP contribution in [-0.2, 0) is 0 Å². The molecule has 20 heavy (non-hydrogen) atoms. The summed E-state index contributed by atoms with van der Waals surface area (Å²) in [5, 5.41) is 0. The minimum atomic E-state index is -0.384. The highest BCUT2D eigenvalue weighted by Crippen LogP contribution is 2.23. The lowest BCUT2D eigenvalue weighted by molar-refractivity contribution is 0.317. The molecule has 1 heterocycles. The van der Waals surface area contributed by atoms with Gasteiger partial charge in [0.15, 0.2) is 0 Å². The minimum Gasteiger partial charge on any atom is -0.494 e. The van der Waals surface area contributed by atoms with Crippen LogP contribution in [0.2, 0.25) is 0 Å². The standard InChI is InChI=1S/C15H18FN3O/c1-2-7-20-14-5-3-11(4-6-14)15(19-17)12-8-13(16)10-18-9-12/h3-6,8-10,15,19H,2,7,17H2,1H3. The number of benzene rings is 1. The number of nitrogens with zero attached hydrogens (tertiary/aromatic N) is 1. The molecule has 1 aromatic carbocycles. The van der Waals surface area contributed by atoms with Gasteiger partial charge in [-0.15, -0.1) is 0 Å². The van der Waals surface area contributed by atoms with Gasteiger partial charge in [0, 0.05) is 6.20 Å². The summed E-state index contributed by atoms with van der Waals surface area (Å²) in [7, 11) is 0. The minimum absolute atomic E-state index is 0.307. The van der Waals surface area contributed by atoms with Crippen molar-refractivity contribution in [3.05, 3.63) is 59.7 Å². The summed E-state index contributed by atoms with van der Waals surface area (Å²) >= 11 is 0. The van der Waals surface area contributed by atoms with Gasteiger partial charge in [-0.1, -0.05) is 19.1 Å². The Kier molecular flexibility index (Phi) is 5.03. The van der Waals surface area contributed by atoms with E-state index >= 15 is 0 Å². The Labute approximate surface area is 117 Å². The molecule has 0 aliphatic carbocycles. The maximum absolute atomic E-state index is 13.2. The quantitative estimate of drug-likeness (QED) is 0.628. The Morgan fingerprint density at radius 1 is 1.25 bits per heavy atom. The maximum atomic E-state index is 13.2. The Morgan fingerprint density at radius 3 is 2.60 bits per heavy atom. The molecule has 0 amide bonds. The van der Waals surface area contributed by atoms with Crippen molar-refractivity contribution in [3.8, 4) is 5.75 Å². The van der Waals surface area contributed by atoms with Crippen LogP contribution in [0.3, 0.4) is 0 Å². The molecule has 0 aliphatic heterocycles. The van der Waals surface area contributed by atoms with Crippen molar-refractivity contribution in [3.63, 3.8) is 0 Å². The molecule has 0 aliphatic rings. The highest BCUT2D eigenvalue weighted by molar-refractivity contribution is 5.34. The number of hydrazine groups is 1. The summed E-state index contributed by atoms with van der Waals surface area (Å²) in [6.07, 6.45) is 3.72. The number of hydrogen-bond acceptors (Lipinski definition) is 4. The van der Waals surface area contributed by atoms with E-state index in [1.807, 2.05) is 24.3 Å². The fraction of sp³-hybridized carbons (Fsp3) is 0.267. The third-order valence-electron chi connectivity index (χ3n) is 2.91. The van der Waals surface area contributed by atoms with E-state index in [2.05, 4.69) is 17.3 Å². The number of nitrogens with two attached hydrogens (primary N) is 1. The zero-order chi connectivity index (χ0) is 14.4. The van der Waals surface area contributed by atoms with E-state index in [0.29, 0.717) is 12.2 Å². The monoisotopic (exact) mass is 275 g/mol. The summed E-state index contributed by atoms with van der Waals surface area (Å²) in [5.41, 5.74) is 4.27. The predicted octanol–water partition coefficient (Wildman–Crippen LogP) is 2.56. The summed E-state index contributed by atoms with van der Waals surface area (Å²) in [6.45, 7) is 2.74. The normalized spacial score (nSPS) is 12.2. The second-order valence-electron chi connectivity index (χ2n) is 4.45. The molecule has 1 aromatic heterocycles. The zero-order valence-corrected chi connectivity index (χ0v) is 11.3. The Balaban J connectivity index is 2.19. The van der Waals surface area contributed by atoms with Gasteiger partial charge in [0.25, 0.3) is 0 Å². The third kappa shape index (κ3) is 3.53. The molecule has 4 nitrogen and oxygen atoms in total. The first-order valence-electron chi connectivity index (χ1n) is 6.54. The van der Waals surface area contributed by atoms with Gasteiger partial charge in [-0.05, 0) is 35.7 Å². The van der Waals surface area contributed by atoms with Gasteiger partial charge in [0.2, 0.25) is 0 Å². The molecule has 0 bridgehead atoms. The lowest BCUT2D eigenvalue weighted by Gasteiger charge is -2.17. The van der Waals surface area contributed by atoms with Crippen LogP contribution in [0.5, 0.6) is 5.75 Å². The van der Waals surface area contributed by atoms with Crippen molar-refractivity contribution in [2.75, 3.05) is 6.61 Å². The molecule has 2 aromatic rings. The van der Waals surface area contributed by atoms with Gasteiger partial charge >= 0.3 is 0 Å². The first-order valence-corrected chi connectivity index (χ1v) is 6.54. The van der Waals surface area contributed by atoms with Crippen molar-refractivity contribution in [2.24, 2.45) is 5.84 Å². The van der Waals surface area contributed by atoms with Crippen molar-refractivity contribution in [2.45, 2.75) is 19.4 Å². The summed E-state index contributed by atoms with van der Waals surface area (Å²) < 4.78 is 18.8. The van der Waals surface area contributed by atoms with Crippen molar-refractivity contribution < 1.29 is 9.13 Å². The number of nitrogens with one attached hydrogen (secondary N) is 1. The van der Waals surface area contributed by atoms with Crippen LogP contribution in [0, 0.1) is 5.82 Å². The van der Waals surface area contributed by atoms with Gasteiger partial charge in [0.05, 0.1) is 18.8 Å². The van der Waals surface area contributed by atoms with Gasteiger partial charge in [-0.3, -0.25) is 10.8 Å². The Morgan fingerprint density at radius 2 is 2.00 bits per heavy atom. The van der Waals surface area contributed by atoms with E-state index in [1.54, 1.807) is 6.20 Å². The molecule has 0 saturated heterocycles. The molecular weight excluding hydrogens is 257 g/mol. The van der Waals surface area contributed by atoms with E-state index in [1.165, 1.54) is 12.3 Å². The molecule has 106 valence electrons. The van der Waals surface area contributed by atoms with Crippen LogP contribution in [-0.4, -0.2) is 11.6 Å². The smallest absolute Gasteiger partial charge is 0.141 e. The van der Waals surface area contributed by atoms with Gasteiger partial charge in [-0.25, -0.2) is 9.82 Å². The highest BCUT2D eigenvalue weighted by atomic mass is 19.1. The van der Waals surface area contributed by atoms with Crippen LogP contribution in [0.15, 0.2) is 42.7 Å². The van der Waals surface area contributed by atoms with E-state index in [9.17, 15) is 4.39 Å². The Hall–Kier alpha value is -1.98. The Bertz CT molecular complexity index is 545. The summed E-state index contributed by atoms with van der Waals surface area (Å²) in [5.74, 6) is 6.00. The SMILES string of the molecule is CCCOc1ccc(C(NN)c2cncc(F)c2)cc1. The molecule has 0 fully saturated rings. The lowest BCUT2D eigenvalue weighted by Crippen LogP contribution is -2.29. The fourth-order valence-corrected chi connectivity index (χ4v) is 1.95. The van der Waals surface area contributed by atoms with Crippen molar-refractivity contribution in [1.82, 2.24) is 10.4 Å². The second-order valence-corrected chi connectivity index (χ2v) is 4.45. The molecule has 0 saturated carbocycles. The molecule has 1 unspecified atom stereocenters. The molecule has 2 rings (SSSR count). The third-order valence-corrected chi connectivity index (χ3v) is 2.91. The summed E-state index contributed by atoms with van der Waals surface area (Å²) in [4.78, 5) is 3.84. The molecule has 1 atom stereocenters. The number of aromatic nitrogens is 1. The zero-order valence-electron chi connectivity index (χ0n) is 11.3. The largest absolute Gasteiger partial charge is 0.494 e. The maximum Gasteiger partial charge on any atom is 0.141 e. The van der Waals surface area contributed by atoms with Crippen LogP contribution >= 0.6 is 0 Å². The van der Waals surface area contributed by atoms with Gasteiger partial charge in [-0.2, -0.15) is 0 Å².